The third kappa shape index (κ3) is 2.72. The molecule has 2 heterocycles. The second-order valence-electron chi connectivity index (χ2n) is 5.52. The van der Waals surface area contributed by atoms with Crippen molar-refractivity contribution in [2.24, 2.45) is 5.41 Å². The number of aryl methyl sites for hydroxylation is 1. The van der Waals surface area contributed by atoms with Gasteiger partial charge in [-0.3, -0.25) is 4.79 Å². The first kappa shape index (κ1) is 13.5. The number of carbonyl (C=O) groups is 2. The van der Waals surface area contributed by atoms with Gasteiger partial charge in [-0.25, -0.2) is 4.79 Å². The molecule has 104 valence electrons. The molecule has 1 fully saturated rings. The van der Waals surface area contributed by atoms with E-state index >= 15 is 0 Å². The SMILES string of the molecule is Cc1ccc(C2CN(CC(C)(C)C(=O)O)C(=O)N2)o1. The second-order valence-corrected chi connectivity index (χ2v) is 5.52. The summed E-state index contributed by atoms with van der Waals surface area (Å²) in [5, 5.41) is 11.9. The van der Waals surface area contributed by atoms with Crippen LogP contribution in [0.4, 0.5) is 4.79 Å². The van der Waals surface area contributed by atoms with Gasteiger partial charge in [-0.2, -0.15) is 0 Å². The van der Waals surface area contributed by atoms with Crippen molar-refractivity contribution in [2.75, 3.05) is 13.1 Å². The van der Waals surface area contributed by atoms with Gasteiger partial charge in [0.2, 0.25) is 0 Å². The molecule has 1 aliphatic rings. The number of carbonyl (C=O) groups excluding carboxylic acids is 1. The standard InChI is InChI=1S/C13H18N2O4/c1-8-4-5-10(19-8)9-6-15(12(18)14-9)7-13(2,3)11(16)17/h4-5,9H,6-7H2,1-3H3,(H,14,18)(H,16,17). The number of aliphatic carboxylic acids is 1. The smallest absolute Gasteiger partial charge is 0.318 e. The Kier molecular flexibility index (Phi) is 3.26. The predicted octanol–water partition coefficient (Wildman–Crippen LogP) is 1.77. The van der Waals surface area contributed by atoms with Gasteiger partial charge in [0, 0.05) is 13.1 Å². The van der Waals surface area contributed by atoms with Gasteiger partial charge in [0.25, 0.3) is 0 Å². The lowest BCUT2D eigenvalue weighted by Gasteiger charge is -2.25. The molecule has 1 aromatic rings. The highest BCUT2D eigenvalue weighted by molar-refractivity contribution is 5.79. The van der Waals surface area contributed by atoms with Crippen LogP contribution in [-0.2, 0) is 4.79 Å². The number of nitrogens with zero attached hydrogens (tertiary/aromatic N) is 1. The number of amides is 2. The van der Waals surface area contributed by atoms with Gasteiger partial charge < -0.3 is 19.7 Å². The van der Waals surface area contributed by atoms with Crippen LogP contribution in [0.3, 0.4) is 0 Å². The van der Waals surface area contributed by atoms with Crippen LogP contribution in [0, 0.1) is 12.3 Å². The Morgan fingerprint density at radius 2 is 2.26 bits per heavy atom. The van der Waals surface area contributed by atoms with Crippen molar-refractivity contribution >= 4 is 12.0 Å². The molecule has 0 radical (unpaired) electrons. The Bertz CT molecular complexity index is 506. The molecule has 2 N–H and O–H groups in total. The summed E-state index contributed by atoms with van der Waals surface area (Å²) >= 11 is 0. The fraction of sp³-hybridized carbons (Fsp3) is 0.538. The summed E-state index contributed by atoms with van der Waals surface area (Å²) in [5.41, 5.74) is -0.967. The second kappa shape index (κ2) is 4.60. The highest BCUT2D eigenvalue weighted by Crippen LogP contribution is 2.25. The maximum atomic E-state index is 11.8. The molecule has 0 aromatic carbocycles. The molecule has 6 heteroatoms. The Hall–Kier alpha value is -1.98. The highest BCUT2D eigenvalue weighted by Gasteiger charge is 2.37. The molecule has 1 aliphatic heterocycles. The monoisotopic (exact) mass is 266 g/mol. The van der Waals surface area contributed by atoms with Crippen LogP contribution >= 0.6 is 0 Å². The number of carboxylic acids is 1. The zero-order valence-electron chi connectivity index (χ0n) is 11.3. The summed E-state index contributed by atoms with van der Waals surface area (Å²) in [7, 11) is 0. The number of furan rings is 1. The molecule has 0 aliphatic carbocycles. The van der Waals surface area contributed by atoms with E-state index in [9.17, 15) is 9.59 Å². The number of carboxylic acid groups (broad SMARTS) is 1. The van der Waals surface area contributed by atoms with Crippen molar-refractivity contribution in [3.05, 3.63) is 23.7 Å². The van der Waals surface area contributed by atoms with E-state index < -0.39 is 11.4 Å². The van der Waals surface area contributed by atoms with E-state index in [0.717, 1.165) is 5.76 Å². The Morgan fingerprint density at radius 1 is 1.58 bits per heavy atom. The summed E-state index contributed by atoms with van der Waals surface area (Å²) in [4.78, 5) is 24.4. The first-order valence-electron chi connectivity index (χ1n) is 6.15. The molecule has 2 amide bonds. The number of hydrogen-bond acceptors (Lipinski definition) is 3. The maximum Gasteiger partial charge on any atom is 0.318 e. The van der Waals surface area contributed by atoms with Gasteiger partial charge in [-0.15, -0.1) is 0 Å². The molecule has 1 saturated heterocycles. The zero-order valence-corrected chi connectivity index (χ0v) is 11.3. The van der Waals surface area contributed by atoms with Crippen LogP contribution in [-0.4, -0.2) is 35.1 Å². The molecule has 1 aromatic heterocycles. The van der Waals surface area contributed by atoms with Crippen molar-refractivity contribution < 1.29 is 19.1 Å². The number of nitrogens with one attached hydrogen (secondary N) is 1. The summed E-state index contributed by atoms with van der Waals surface area (Å²) in [6.45, 7) is 5.64. The van der Waals surface area contributed by atoms with E-state index in [1.165, 1.54) is 4.90 Å². The maximum absolute atomic E-state index is 11.8. The average Bonchev–Trinajstić information content (AvgIpc) is 2.86. The van der Waals surface area contributed by atoms with E-state index in [4.69, 9.17) is 9.52 Å². The summed E-state index contributed by atoms with van der Waals surface area (Å²) in [6.07, 6.45) is 0. The number of hydrogen-bond donors (Lipinski definition) is 2. The number of urea groups is 1. The zero-order chi connectivity index (χ0) is 14.2. The molecule has 0 saturated carbocycles. The Labute approximate surface area is 111 Å². The third-order valence-corrected chi connectivity index (χ3v) is 3.26. The van der Waals surface area contributed by atoms with Gasteiger partial charge in [0.1, 0.15) is 17.6 Å². The van der Waals surface area contributed by atoms with Crippen LogP contribution in [0.15, 0.2) is 16.5 Å². The minimum Gasteiger partial charge on any atom is -0.481 e. The molecule has 0 bridgehead atoms. The van der Waals surface area contributed by atoms with Crippen molar-refractivity contribution in [3.63, 3.8) is 0 Å². The minimum atomic E-state index is -0.967. The molecule has 6 nitrogen and oxygen atoms in total. The lowest BCUT2D eigenvalue weighted by molar-refractivity contribution is -0.147. The normalized spacial score (nSPS) is 19.6. The molecule has 19 heavy (non-hydrogen) atoms. The van der Waals surface area contributed by atoms with Crippen LogP contribution in [0.25, 0.3) is 0 Å². The highest BCUT2D eigenvalue weighted by atomic mass is 16.4. The van der Waals surface area contributed by atoms with Gasteiger partial charge in [0.15, 0.2) is 0 Å². The van der Waals surface area contributed by atoms with Crippen molar-refractivity contribution in [3.8, 4) is 0 Å². The Balaban J connectivity index is 2.06. The molecule has 2 rings (SSSR count). The van der Waals surface area contributed by atoms with Gasteiger partial charge in [0.05, 0.1) is 5.41 Å². The van der Waals surface area contributed by atoms with Crippen molar-refractivity contribution in [1.82, 2.24) is 10.2 Å². The third-order valence-electron chi connectivity index (χ3n) is 3.26. The first-order chi connectivity index (χ1) is 8.79. The molecule has 1 atom stereocenters. The topological polar surface area (TPSA) is 82.8 Å². The van der Waals surface area contributed by atoms with Crippen molar-refractivity contribution in [1.29, 1.82) is 0 Å². The van der Waals surface area contributed by atoms with Crippen LogP contribution < -0.4 is 5.32 Å². The van der Waals surface area contributed by atoms with Gasteiger partial charge in [-0.05, 0) is 32.9 Å². The van der Waals surface area contributed by atoms with Crippen LogP contribution in [0.1, 0.15) is 31.4 Å². The van der Waals surface area contributed by atoms with Gasteiger partial charge in [-0.1, -0.05) is 0 Å². The van der Waals surface area contributed by atoms with Crippen molar-refractivity contribution in [2.45, 2.75) is 26.8 Å². The fourth-order valence-electron chi connectivity index (χ4n) is 2.07. The lowest BCUT2D eigenvalue weighted by atomic mass is 9.93. The molecular weight excluding hydrogens is 248 g/mol. The van der Waals surface area contributed by atoms with Crippen LogP contribution in [0.2, 0.25) is 0 Å². The lowest BCUT2D eigenvalue weighted by Crippen LogP contribution is -2.40. The van der Waals surface area contributed by atoms with Gasteiger partial charge >= 0.3 is 12.0 Å². The summed E-state index contributed by atoms with van der Waals surface area (Å²) in [6, 6.07) is 3.19. The van der Waals surface area contributed by atoms with E-state index in [2.05, 4.69) is 5.32 Å². The Morgan fingerprint density at radius 3 is 2.79 bits per heavy atom. The minimum absolute atomic E-state index is 0.171. The fourth-order valence-corrected chi connectivity index (χ4v) is 2.07. The van der Waals surface area contributed by atoms with E-state index in [-0.39, 0.29) is 18.6 Å². The molecular formula is C13H18N2O4. The van der Waals surface area contributed by atoms with Crippen LogP contribution in [0.5, 0.6) is 0 Å². The number of rotatable bonds is 4. The summed E-state index contributed by atoms with van der Waals surface area (Å²) in [5.74, 6) is 0.563. The molecule has 0 spiro atoms. The quantitative estimate of drug-likeness (QED) is 0.870. The van der Waals surface area contributed by atoms with E-state index in [1.807, 2.05) is 19.1 Å². The van der Waals surface area contributed by atoms with E-state index in [1.54, 1.807) is 13.8 Å². The first-order valence-corrected chi connectivity index (χ1v) is 6.15. The largest absolute Gasteiger partial charge is 0.481 e. The van der Waals surface area contributed by atoms with E-state index in [0.29, 0.717) is 12.3 Å². The molecule has 1 unspecified atom stereocenters. The predicted molar refractivity (Wildman–Crippen MR) is 67.7 cm³/mol. The summed E-state index contributed by atoms with van der Waals surface area (Å²) < 4.78 is 5.48. The average molecular weight is 266 g/mol.